The van der Waals surface area contributed by atoms with Crippen LogP contribution in [0, 0.1) is 11.3 Å². The molecule has 0 atom stereocenters. The summed E-state index contributed by atoms with van der Waals surface area (Å²) in [6.45, 7) is 7.66. The highest BCUT2D eigenvalue weighted by molar-refractivity contribution is 6.69. The Balaban J connectivity index is 3.10. The number of ether oxygens (including phenoxy) is 1. The van der Waals surface area contributed by atoms with Gasteiger partial charge in [-0.1, -0.05) is 0 Å². The second-order valence-electron chi connectivity index (χ2n) is 3.17. The van der Waals surface area contributed by atoms with Gasteiger partial charge < -0.3 is 9.16 Å². The molecule has 0 saturated carbocycles. The monoisotopic (exact) mass is 173 g/mol. The molecule has 0 N–H and O–H groups in total. The molecule has 0 bridgehead atoms. The minimum atomic E-state index is -1.38. The lowest BCUT2D eigenvalue weighted by molar-refractivity contribution is 0.121. The van der Waals surface area contributed by atoms with E-state index >= 15 is 0 Å². The van der Waals surface area contributed by atoms with Gasteiger partial charge in [0.1, 0.15) is 6.61 Å². The molecule has 0 amide bonds. The van der Waals surface area contributed by atoms with Crippen LogP contribution in [0.2, 0.25) is 19.6 Å². The van der Waals surface area contributed by atoms with Gasteiger partial charge in [-0.05, 0) is 19.6 Å². The first-order valence-electron chi connectivity index (χ1n) is 3.65. The van der Waals surface area contributed by atoms with E-state index in [-0.39, 0.29) is 6.61 Å². The Kier molecular flexibility index (Phi) is 5.12. The van der Waals surface area contributed by atoms with Gasteiger partial charge in [0.2, 0.25) is 0 Å². The zero-order valence-electron chi connectivity index (χ0n) is 7.39. The molecule has 0 heterocycles. The molecule has 0 aliphatic heterocycles. The third-order valence-electron chi connectivity index (χ3n) is 0.929. The highest BCUT2D eigenvalue weighted by Crippen LogP contribution is 2.01. The zero-order valence-corrected chi connectivity index (χ0v) is 8.39. The second-order valence-corrected chi connectivity index (χ2v) is 7.68. The van der Waals surface area contributed by atoms with E-state index in [2.05, 4.69) is 19.6 Å². The van der Waals surface area contributed by atoms with Crippen molar-refractivity contribution in [3.63, 3.8) is 0 Å². The normalized spacial score (nSPS) is 11.1. The molecule has 0 aromatic heterocycles. The summed E-state index contributed by atoms with van der Waals surface area (Å²) in [6.07, 6.45) is 0. The maximum absolute atomic E-state index is 8.12. The summed E-state index contributed by atoms with van der Waals surface area (Å²) < 4.78 is 10.4. The van der Waals surface area contributed by atoms with Crippen LogP contribution in [0.25, 0.3) is 0 Å². The highest BCUT2D eigenvalue weighted by atomic mass is 28.4. The van der Waals surface area contributed by atoms with Gasteiger partial charge in [-0.3, -0.25) is 0 Å². The fourth-order valence-corrected chi connectivity index (χ4v) is 1.22. The van der Waals surface area contributed by atoms with E-state index in [0.717, 1.165) is 0 Å². The largest absolute Gasteiger partial charge is 0.415 e. The first-order chi connectivity index (χ1) is 5.06. The molecule has 0 aromatic rings. The topological polar surface area (TPSA) is 42.2 Å². The molecule has 64 valence electrons. The molecule has 0 rings (SSSR count). The van der Waals surface area contributed by atoms with Crippen molar-refractivity contribution in [2.24, 2.45) is 0 Å². The third-order valence-corrected chi connectivity index (χ3v) is 2.00. The van der Waals surface area contributed by atoms with Gasteiger partial charge in [0, 0.05) is 0 Å². The molecule has 11 heavy (non-hydrogen) atoms. The predicted molar refractivity (Wildman–Crippen MR) is 45.7 cm³/mol. The van der Waals surface area contributed by atoms with Gasteiger partial charge in [-0.25, -0.2) is 0 Å². The van der Waals surface area contributed by atoms with Crippen LogP contribution in [0.1, 0.15) is 0 Å². The van der Waals surface area contributed by atoms with E-state index in [1.807, 2.05) is 6.07 Å². The third kappa shape index (κ3) is 9.63. The predicted octanol–water partition coefficient (Wildman–Crippen LogP) is 1.38. The number of nitriles is 1. The van der Waals surface area contributed by atoms with Gasteiger partial charge >= 0.3 is 0 Å². The fraction of sp³-hybridized carbons (Fsp3) is 0.857. The van der Waals surface area contributed by atoms with Crippen molar-refractivity contribution in [3.05, 3.63) is 0 Å². The summed E-state index contributed by atoms with van der Waals surface area (Å²) >= 11 is 0. The molecule has 0 fully saturated rings. The Labute approximate surface area is 69.1 Å². The van der Waals surface area contributed by atoms with Gasteiger partial charge in [0.25, 0.3) is 0 Å². The van der Waals surface area contributed by atoms with Gasteiger partial charge in [0.05, 0.1) is 19.3 Å². The SMILES string of the molecule is C[Si](C)(C)OCCOCC#N. The van der Waals surface area contributed by atoms with Crippen molar-refractivity contribution in [2.75, 3.05) is 19.8 Å². The summed E-state index contributed by atoms with van der Waals surface area (Å²) in [4.78, 5) is 0. The van der Waals surface area contributed by atoms with Crippen LogP contribution in [-0.4, -0.2) is 28.1 Å². The molecule has 0 aliphatic rings. The molecule has 0 spiro atoms. The lowest BCUT2D eigenvalue weighted by Crippen LogP contribution is -2.27. The maximum Gasteiger partial charge on any atom is 0.183 e. The van der Waals surface area contributed by atoms with Crippen LogP contribution in [0.15, 0.2) is 0 Å². The first kappa shape index (κ1) is 10.6. The maximum atomic E-state index is 8.12. The smallest absolute Gasteiger partial charge is 0.183 e. The van der Waals surface area contributed by atoms with Crippen molar-refractivity contribution in [3.8, 4) is 6.07 Å². The van der Waals surface area contributed by atoms with Crippen molar-refractivity contribution in [1.29, 1.82) is 5.26 Å². The van der Waals surface area contributed by atoms with Crippen LogP contribution < -0.4 is 0 Å². The summed E-state index contributed by atoms with van der Waals surface area (Å²) in [5, 5.41) is 8.12. The van der Waals surface area contributed by atoms with Crippen molar-refractivity contribution in [1.82, 2.24) is 0 Å². The van der Waals surface area contributed by atoms with Crippen LogP contribution in [0.5, 0.6) is 0 Å². The average Bonchev–Trinajstić information content (AvgIpc) is 1.85. The zero-order chi connectivity index (χ0) is 8.74. The van der Waals surface area contributed by atoms with E-state index in [1.54, 1.807) is 0 Å². The number of rotatable bonds is 5. The van der Waals surface area contributed by atoms with Crippen LogP contribution in [0.3, 0.4) is 0 Å². The van der Waals surface area contributed by atoms with E-state index in [9.17, 15) is 0 Å². The van der Waals surface area contributed by atoms with Crippen LogP contribution >= 0.6 is 0 Å². The summed E-state index contributed by atoms with van der Waals surface area (Å²) in [5.74, 6) is 0. The van der Waals surface area contributed by atoms with Crippen molar-refractivity contribution >= 4 is 8.32 Å². The first-order valence-corrected chi connectivity index (χ1v) is 7.06. The van der Waals surface area contributed by atoms with Gasteiger partial charge in [-0.2, -0.15) is 5.26 Å². The Hall–Kier alpha value is -0.373. The minimum Gasteiger partial charge on any atom is -0.415 e. The van der Waals surface area contributed by atoms with Gasteiger partial charge in [-0.15, -0.1) is 0 Å². The van der Waals surface area contributed by atoms with Crippen LogP contribution in [-0.2, 0) is 9.16 Å². The van der Waals surface area contributed by atoms with E-state index in [1.165, 1.54) is 0 Å². The number of nitrogens with zero attached hydrogens (tertiary/aromatic N) is 1. The van der Waals surface area contributed by atoms with Crippen molar-refractivity contribution in [2.45, 2.75) is 19.6 Å². The molecule has 0 aliphatic carbocycles. The Morgan fingerprint density at radius 2 is 1.91 bits per heavy atom. The Bertz CT molecular complexity index is 136. The number of hydrogen-bond acceptors (Lipinski definition) is 3. The average molecular weight is 173 g/mol. The summed E-state index contributed by atoms with van der Waals surface area (Å²) in [7, 11) is -1.38. The quantitative estimate of drug-likeness (QED) is 0.466. The van der Waals surface area contributed by atoms with Crippen molar-refractivity contribution < 1.29 is 9.16 Å². The fourth-order valence-electron chi connectivity index (χ4n) is 0.525. The lowest BCUT2D eigenvalue weighted by atomic mass is 10.7. The van der Waals surface area contributed by atoms with Crippen LogP contribution in [0.4, 0.5) is 0 Å². The lowest BCUT2D eigenvalue weighted by Gasteiger charge is -2.16. The molecule has 4 heteroatoms. The Morgan fingerprint density at radius 3 is 2.36 bits per heavy atom. The summed E-state index contributed by atoms with van der Waals surface area (Å²) in [5.41, 5.74) is 0. The standard InChI is InChI=1S/C7H15NO2Si/c1-11(2,3)10-7-6-9-5-4-8/h5-7H2,1-3H3. The molecular weight excluding hydrogens is 158 g/mol. The molecular formula is C7H15NO2Si. The molecule has 0 unspecified atom stereocenters. The molecule has 0 aromatic carbocycles. The second kappa shape index (κ2) is 5.30. The molecule has 0 saturated heterocycles. The molecule has 0 radical (unpaired) electrons. The Morgan fingerprint density at radius 1 is 1.27 bits per heavy atom. The molecule has 3 nitrogen and oxygen atoms in total. The minimum absolute atomic E-state index is 0.162. The van der Waals surface area contributed by atoms with E-state index in [4.69, 9.17) is 14.4 Å². The number of hydrogen-bond donors (Lipinski definition) is 0. The van der Waals surface area contributed by atoms with E-state index in [0.29, 0.717) is 13.2 Å². The highest BCUT2D eigenvalue weighted by Gasteiger charge is 2.12. The summed E-state index contributed by atoms with van der Waals surface area (Å²) in [6, 6.07) is 1.90. The van der Waals surface area contributed by atoms with E-state index < -0.39 is 8.32 Å². The van der Waals surface area contributed by atoms with Gasteiger partial charge in [0.15, 0.2) is 8.32 Å².